The quantitative estimate of drug-likeness (QED) is 0.661. The van der Waals surface area contributed by atoms with Crippen LogP contribution in [0.3, 0.4) is 0 Å². The summed E-state index contributed by atoms with van der Waals surface area (Å²) in [5, 5.41) is 18.3. The molecule has 0 saturated heterocycles. The highest BCUT2D eigenvalue weighted by atomic mass is 35.5. The number of ether oxygens (including phenoxy) is 1. The van der Waals surface area contributed by atoms with E-state index in [1.165, 1.54) is 29.8 Å². The summed E-state index contributed by atoms with van der Waals surface area (Å²) in [6, 6.07) is 12.3. The molecule has 4 nitrogen and oxygen atoms in total. The van der Waals surface area contributed by atoms with Crippen LogP contribution in [0.4, 0.5) is 0 Å². The third-order valence-electron chi connectivity index (χ3n) is 3.77. The SMILES string of the molecule is COc1ccc(Cl)cc1C(=O)NCC(O)(c1cccs1)c1cccs1. The number of thiophene rings is 2. The van der Waals surface area contributed by atoms with Crippen molar-refractivity contribution in [3.8, 4) is 5.75 Å². The molecule has 0 aliphatic heterocycles. The van der Waals surface area contributed by atoms with Crippen molar-refractivity contribution < 1.29 is 14.6 Å². The molecule has 0 atom stereocenters. The van der Waals surface area contributed by atoms with Crippen LogP contribution in [0.1, 0.15) is 20.1 Å². The number of carbonyl (C=O) groups excluding carboxylic acids is 1. The summed E-state index contributed by atoms with van der Waals surface area (Å²) < 4.78 is 5.22. The lowest BCUT2D eigenvalue weighted by Crippen LogP contribution is -2.40. The third kappa shape index (κ3) is 3.72. The Morgan fingerprint density at radius 1 is 1.20 bits per heavy atom. The number of rotatable bonds is 6. The predicted molar refractivity (Wildman–Crippen MR) is 102 cm³/mol. The van der Waals surface area contributed by atoms with Gasteiger partial charge >= 0.3 is 0 Å². The second kappa shape index (κ2) is 7.58. The molecule has 0 saturated carbocycles. The number of methoxy groups -OCH3 is 1. The highest BCUT2D eigenvalue weighted by Crippen LogP contribution is 2.35. The molecule has 2 N–H and O–H groups in total. The van der Waals surface area contributed by atoms with Gasteiger partial charge < -0.3 is 15.2 Å². The molecule has 2 aromatic heterocycles. The second-order valence-corrected chi connectivity index (χ2v) is 7.67. The number of amides is 1. The fraction of sp³-hybridized carbons (Fsp3) is 0.167. The summed E-state index contributed by atoms with van der Waals surface area (Å²) in [4.78, 5) is 14.2. The molecule has 1 aromatic carbocycles. The van der Waals surface area contributed by atoms with Crippen LogP contribution in [0, 0.1) is 0 Å². The number of halogens is 1. The first-order valence-corrected chi connectivity index (χ1v) is 9.60. The fourth-order valence-corrected chi connectivity index (χ4v) is 4.40. The van der Waals surface area contributed by atoms with Gasteiger partial charge in [-0.2, -0.15) is 0 Å². The van der Waals surface area contributed by atoms with E-state index in [0.717, 1.165) is 9.75 Å². The van der Waals surface area contributed by atoms with Gasteiger partial charge in [0.15, 0.2) is 0 Å². The minimum atomic E-state index is -1.27. The van der Waals surface area contributed by atoms with Crippen molar-refractivity contribution in [1.29, 1.82) is 0 Å². The molecule has 3 rings (SSSR count). The second-order valence-electron chi connectivity index (χ2n) is 5.34. The Kier molecular flexibility index (Phi) is 5.44. The predicted octanol–water partition coefficient (Wildman–Crippen LogP) is 4.14. The molecule has 0 spiro atoms. The highest BCUT2D eigenvalue weighted by molar-refractivity contribution is 7.11. The summed E-state index contributed by atoms with van der Waals surface area (Å²) in [7, 11) is 1.49. The van der Waals surface area contributed by atoms with E-state index in [0.29, 0.717) is 16.3 Å². The first kappa shape index (κ1) is 17.9. The van der Waals surface area contributed by atoms with Gasteiger partial charge in [-0.3, -0.25) is 4.79 Å². The van der Waals surface area contributed by atoms with Crippen LogP contribution in [-0.4, -0.2) is 24.7 Å². The normalized spacial score (nSPS) is 11.3. The third-order valence-corrected chi connectivity index (χ3v) is 6.05. The lowest BCUT2D eigenvalue weighted by Gasteiger charge is -2.26. The molecule has 0 fully saturated rings. The maximum absolute atomic E-state index is 12.6. The molecule has 0 radical (unpaired) electrons. The van der Waals surface area contributed by atoms with Crippen molar-refractivity contribution >= 4 is 40.2 Å². The Balaban J connectivity index is 1.85. The maximum atomic E-state index is 12.6. The number of hydrogen-bond acceptors (Lipinski definition) is 5. The monoisotopic (exact) mass is 393 g/mol. The van der Waals surface area contributed by atoms with Crippen molar-refractivity contribution in [2.45, 2.75) is 5.60 Å². The van der Waals surface area contributed by atoms with Gasteiger partial charge in [-0.1, -0.05) is 23.7 Å². The number of hydrogen-bond donors (Lipinski definition) is 2. The van der Waals surface area contributed by atoms with E-state index in [1.807, 2.05) is 35.0 Å². The zero-order valence-corrected chi connectivity index (χ0v) is 15.8. The lowest BCUT2D eigenvalue weighted by molar-refractivity contribution is 0.0737. The van der Waals surface area contributed by atoms with E-state index in [1.54, 1.807) is 18.2 Å². The average Bonchev–Trinajstić information content (AvgIpc) is 3.33. The minimum Gasteiger partial charge on any atom is -0.496 e. The largest absolute Gasteiger partial charge is 0.496 e. The van der Waals surface area contributed by atoms with Gasteiger partial charge in [-0.25, -0.2) is 0 Å². The van der Waals surface area contributed by atoms with E-state index in [2.05, 4.69) is 5.32 Å². The molecule has 2 heterocycles. The van der Waals surface area contributed by atoms with Crippen LogP contribution in [0.2, 0.25) is 5.02 Å². The Morgan fingerprint density at radius 3 is 2.36 bits per heavy atom. The van der Waals surface area contributed by atoms with Crippen LogP contribution >= 0.6 is 34.3 Å². The molecular weight excluding hydrogens is 378 g/mol. The van der Waals surface area contributed by atoms with Crippen molar-refractivity contribution in [2.24, 2.45) is 0 Å². The highest BCUT2D eigenvalue weighted by Gasteiger charge is 2.34. The lowest BCUT2D eigenvalue weighted by atomic mass is 9.99. The molecule has 7 heteroatoms. The van der Waals surface area contributed by atoms with Gasteiger partial charge in [0, 0.05) is 14.8 Å². The van der Waals surface area contributed by atoms with Gasteiger partial charge in [0.2, 0.25) is 0 Å². The summed E-state index contributed by atoms with van der Waals surface area (Å²) in [6.45, 7) is 0.0442. The molecular formula is C18H16ClNO3S2. The van der Waals surface area contributed by atoms with Crippen LogP contribution in [0.5, 0.6) is 5.75 Å². The smallest absolute Gasteiger partial charge is 0.255 e. The Labute approximate surface area is 158 Å². The summed E-state index contributed by atoms with van der Waals surface area (Å²) >= 11 is 8.88. The number of carbonyl (C=O) groups is 1. The molecule has 3 aromatic rings. The molecule has 0 aliphatic rings. The summed E-state index contributed by atoms with van der Waals surface area (Å²) in [5.41, 5.74) is -0.946. The van der Waals surface area contributed by atoms with Gasteiger partial charge in [-0.05, 0) is 41.1 Å². The zero-order valence-electron chi connectivity index (χ0n) is 13.4. The van der Waals surface area contributed by atoms with Gasteiger partial charge in [-0.15, -0.1) is 22.7 Å². The molecule has 0 bridgehead atoms. The zero-order chi connectivity index (χ0) is 17.9. The molecule has 130 valence electrons. The van der Waals surface area contributed by atoms with Gasteiger partial charge in [0.05, 0.1) is 19.2 Å². The molecule has 0 aliphatic carbocycles. The minimum absolute atomic E-state index is 0.0442. The summed E-state index contributed by atoms with van der Waals surface area (Å²) in [5.74, 6) is 0.0728. The van der Waals surface area contributed by atoms with Crippen molar-refractivity contribution in [3.63, 3.8) is 0 Å². The number of nitrogens with one attached hydrogen (secondary N) is 1. The van der Waals surface area contributed by atoms with E-state index in [9.17, 15) is 9.90 Å². The van der Waals surface area contributed by atoms with Crippen LogP contribution in [0.15, 0.2) is 53.2 Å². The first-order chi connectivity index (χ1) is 12.0. The molecule has 0 unspecified atom stereocenters. The van der Waals surface area contributed by atoms with E-state index in [4.69, 9.17) is 16.3 Å². The fourth-order valence-electron chi connectivity index (χ4n) is 2.48. The van der Waals surface area contributed by atoms with Crippen LogP contribution < -0.4 is 10.1 Å². The van der Waals surface area contributed by atoms with E-state index >= 15 is 0 Å². The van der Waals surface area contributed by atoms with Gasteiger partial charge in [0.1, 0.15) is 11.4 Å². The molecule has 25 heavy (non-hydrogen) atoms. The first-order valence-electron chi connectivity index (χ1n) is 7.46. The summed E-state index contributed by atoms with van der Waals surface area (Å²) in [6.07, 6.45) is 0. The molecule has 1 amide bonds. The van der Waals surface area contributed by atoms with Crippen molar-refractivity contribution in [3.05, 3.63) is 73.6 Å². The number of aliphatic hydroxyl groups is 1. The Hall–Kier alpha value is -1.86. The van der Waals surface area contributed by atoms with E-state index in [-0.39, 0.29) is 12.5 Å². The van der Waals surface area contributed by atoms with Crippen molar-refractivity contribution in [1.82, 2.24) is 5.32 Å². The topological polar surface area (TPSA) is 58.6 Å². The standard InChI is InChI=1S/C18H16ClNO3S2/c1-23-14-7-6-12(19)10-13(14)17(21)20-11-18(22,15-4-2-8-24-15)16-5-3-9-25-16/h2-10,22H,11H2,1H3,(H,20,21). The van der Waals surface area contributed by atoms with Crippen LogP contribution in [0.25, 0.3) is 0 Å². The Morgan fingerprint density at radius 2 is 1.84 bits per heavy atom. The van der Waals surface area contributed by atoms with Gasteiger partial charge in [0.25, 0.3) is 5.91 Å². The number of benzene rings is 1. The van der Waals surface area contributed by atoms with Crippen molar-refractivity contribution in [2.75, 3.05) is 13.7 Å². The maximum Gasteiger partial charge on any atom is 0.255 e. The Bertz CT molecular complexity index is 813. The van der Waals surface area contributed by atoms with E-state index < -0.39 is 5.60 Å². The average molecular weight is 394 g/mol. The van der Waals surface area contributed by atoms with Crippen LogP contribution in [-0.2, 0) is 5.60 Å².